The van der Waals surface area contributed by atoms with Crippen LogP contribution >= 0.6 is 15.9 Å². The Balaban J connectivity index is 2.25. The highest BCUT2D eigenvalue weighted by Crippen LogP contribution is 2.37. The molecule has 0 radical (unpaired) electrons. The van der Waals surface area contributed by atoms with Gasteiger partial charge in [-0.2, -0.15) is 0 Å². The van der Waals surface area contributed by atoms with Crippen LogP contribution in [0.3, 0.4) is 0 Å². The minimum Gasteiger partial charge on any atom is -0.297 e. The number of benzene rings is 1. The first kappa shape index (κ1) is 16.6. The number of likely N-dealkylation sites (N-methyl/N-ethyl adjacent to an activating group) is 1. The molecule has 0 bridgehead atoms. The van der Waals surface area contributed by atoms with Crippen molar-refractivity contribution in [3.63, 3.8) is 0 Å². The van der Waals surface area contributed by atoms with Crippen LogP contribution in [-0.2, 0) is 11.2 Å². The molecule has 2 unspecified atom stereocenters. The van der Waals surface area contributed by atoms with E-state index in [9.17, 15) is 9.18 Å². The van der Waals surface area contributed by atoms with Gasteiger partial charge >= 0.3 is 0 Å². The predicted octanol–water partition coefficient (Wildman–Crippen LogP) is 4.21. The molecule has 0 aromatic heterocycles. The Morgan fingerprint density at radius 2 is 2.19 bits per heavy atom. The highest BCUT2D eigenvalue weighted by molar-refractivity contribution is 9.10. The first-order valence-electron chi connectivity index (χ1n) is 7.50. The molecule has 1 aliphatic rings. The summed E-state index contributed by atoms with van der Waals surface area (Å²) in [4.78, 5) is 15.0. The van der Waals surface area contributed by atoms with Gasteiger partial charge in [-0.05, 0) is 56.6 Å². The summed E-state index contributed by atoms with van der Waals surface area (Å²) in [6, 6.07) is 4.79. The number of hydrogen-bond donors (Lipinski definition) is 0. The molecular formula is C17H23BrFNO. The summed E-state index contributed by atoms with van der Waals surface area (Å²) < 4.78 is 14.7. The molecule has 1 aromatic rings. The molecule has 1 aliphatic carbocycles. The van der Waals surface area contributed by atoms with E-state index in [0.717, 1.165) is 23.7 Å². The minimum absolute atomic E-state index is 0.135. The quantitative estimate of drug-likeness (QED) is 0.806. The molecule has 4 heteroatoms. The molecule has 0 amide bonds. The summed E-state index contributed by atoms with van der Waals surface area (Å²) >= 11 is 3.35. The molecule has 1 fully saturated rings. The van der Waals surface area contributed by atoms with Gasteiger partial charge in [-0.15, -0.1) is 0 Å². The fraction of sp³-hybridized carbons (Fsp3) is 0.588. The van der Waals surface area contributed by atoms with Gasteiger partial charge in [-0.3, -0.25) is 9.69 Å². The zero-order chi connectivity index (χ0) is 15.6. The van der Waals surface area contributed by atoms with Crippen molar-refractivity contribution in [2.45, 2.75) is 44.6 Å². The van der Waals surface area contributed by atoms with Crippen LogP contribution in [0.5, 0.6) is 0 Å². The van der Waals surface area contributed by atoms with E-state index in [0.29, 0.717) is 11.5 Å². The number of carbonyl (C=O) groups excluding carboxylic acids is 1. The molecule has 0 heterocycles. The summed E-state index contributed by atoms with van der Waals surface area (Å²) in [6.45, 7) is 2.20. The lowest BCUT2D eigenvalue weighted by Gasteiger charge is -2.44. The molecule has 116 valence electrons. The Hall–Kier alpha value is -0.740. The van der Waals surface area contributed by atoms with Gasteiger partial charge in [-0.1, -0.05) is 35.7 Å². The van der Waals surface area contributed by atoms with Gasteiger partial charge in [0.25, 0.3) is 0 Å². The third kappa shape index (κ3) is 3.54. The van der Waals surface area contributed by atoms with Gasteiger partial charge in [-0.25, -0.2) is 4.39 Å². The van der Waals surface area contributed by atoms with Crippen LogP contribution in [0.2, 0.25) is 0 Å². The highest BCUT2D eigenvalue weighted by Gasteiger charge is 2.43. The van der Waals surface area contributed by atoms with E-state index in [1.165, 1.54) is 12.5 Å². The van der Waals surface area contributed by atoms with Gasteiger partial charge in [0.15, 0.2) is 5.78 Å². The van der Waals surface area contributed by atoms with Crippen molar-refractivity contribution in [2.24, 2.45) is 5.92 Å². The van der Waals surface area contributed by atoms with E-state index >= 15 is 0 Å². The third-order valence-corrected chi connectivity index (χ3v) is 5.20. The highest BCUT2D eigenvalue weighted by atomic mass is 79.9. The summed E-state index contributed by atoms with van der Waals surface area (Å²) in [7, 11) is 3.93. The van der Waals surface area contributed by atoms with Crippen LogP contribution in [-0.4, -0.2) is 30.3 Å². The minimum atomic E-state index is -0.438. The lowest BCUT2D eigenvalue weighted by molar-refractivity contribution is -0.132. The van der Waals surface area contributed by atoms with E-state index in [4.69, 9.17) is 0 Å². The van der Waals surface area contributed by atoms with Crippen molar-refractivity contribution in [2.75, 3.05) is 14.1 Å². The fourth-order valence-corrected chi connectivity index (χ4v) is 3.86. The van der Waals surface area contributed by atoms with E-state index in [2.05, 4.69) is 22.9 Å². The number of nitrogens with zero attached hydrogens (tertiary/aromatic N) is 1. The number of carbonyl (C=O) groups is 1. The Labute approximate surface area is 134 Å². The summed E-state index contributed by atoms with van der Waals surface area (Å²) in [5.41, 5.74) is 0.0423. The largest absolute Gasteiger partial charge is 0.297 e. The summed E-state index contributed by atoms with van der Waals surface area (Å²) in [5, 5.41) is 0. The van der Waals surface area contributed by atoms with E-state index in [-0.39, 0.29) is 18.0 Å². The first-order valence-corrected chi connectivity index (χ1v) is 8.29. The topological polar surface area (TPSA) is 20.3 Å². The van der Waals surface area contributed by atoms with Crippen molar-refractivity contribution in [3.8, 4) is 0 Å². The zero-order valence-corrected chi connectivity index (χ0v) is 14.5. The Kier molecular flexibility index (Phi) is 5.20. The van der Waals surface area contributed by atoms with Crippen molar-refractivity contribution < 1.29 is 9.18 Å². The molecule has 0 aliphatic heterocycles. The van der Waals surface area contributed by atoms with Crippen molar-refractivity contribution in [3.05, 3.63) is 34.1 Å². The van der Waals surface area contributed by atoms with Gasteiger partial charge in [0, 0.05) is 10.9 Å². The molecule has 0 saturated heterocycles. The zero-order valence-electron chi connectivity index (χ0n) is 13.0. The van der Waals surface area contributed by atoms with Crippen LogP contribution in [0.15, 0.2) is 22.7 Å². The van der Waals surface area contributed by atoms with Crippen molar-refractivity contribution >= 4 is 21.7 Å². The average molecular weight is 356 g/mol. The number of rotatable bonds is 4. The molecule has 1 saturated carbocycles. The monoisotopic (exact) mass is 355 g/mol. The van der Waals surface area contributed by atoms with Crippen LogP contribution in [0.4, 0.5) is 4.39 Å². The molecule has 2 rings (SSSR count). The van der Waals surface area contributed by atoms with Gasteiger partial charge < -0.3 is 0 Å². The molecular weight excluding hydrogens is 333 g/mol. The molecule has 0 spiro atoms. The maximum absolute atomic E-state index is 13.9. The van der Waals surface area contributed by atoms with E-state index in [1.807, 2.05) is 19.0 Å². The standard InChI is InChI=1S/C17H23BrFNO/c1-12-5-4-8-17(11-12,20(2)3)16(21)10-13-9-14(18)6-7-15(13)19/h6-7,9,12H,4-5,8,10-11H2,1-3H3. The Morgan fingerprint density at radius 1 is 1.48 bits per heavy atom. The summed E-state index contributed by atoms with van der Waals surface area (Å²) in [5.74, 6) is 0.373. The molecule has 1 aromatic carbocycles. The van der Waals surface area contributed by atoms with Crippen molar-refractivity contribution in [1.82, 2.24) is 4.90 Å². The lowest BCUT2D eigenvalue weighted by Crippen LogP contribution is -2.54. The van der Waals surface area contributed by atoms with E-state index in [1.54, 1.807) is 12.1 Å². The average Bonchev–Trinajstić information content (AvgIpc) is 2.42. The maximum atomic E-state index is 13.9. The van der Waals surface area contributed by atoms with Gasteiger partial charge in [0.05, 0.1) is 5.54 Å². The second kappa shape index (κ2) is 6.57. The first-order chi connectivity index (χ1) is 9.85. The number of ketones is 1. The van der Waals surface area contributed by atoms with Crippen LogP contribution in [0, 0.1) is 11.7 Å². The Bertz CT molecular complexity index is 532. The van der Waals surface area contributed by atoms with Crippen LogP contribution < -0.4 is 0 Å². The number of hydrogen-bond acceptors (Lipinski definition) is 2. The maximum Gasteiger partial charge on any atom is 0.157 e. The second-order valence-corrected chi connectivity index (χ2v) is 7.38. The Morgan fingerprint density at radius 3 is 2.81 bits per heavy atom. The lowest BCUT2D eigenvalue weighted by atomic mass is 9.72. The fourth-order valence-electron chi connectivity index (χ4n) is 3.45. The van der Waals surface area contributed by atoms with Crippen LogP contribution in [0.25, 0.3) is 0 Å². The number of halogens is 2. The second-order valence-electron chi connectivity index (χ2n) is 6.46. The van der Waals surface area contributed by atoms with Crippen LogP contribution in [0.1, 0.15) is 38.2 Å². The number of Topliss-reactive ketones (excluding diaryl/α,β-unsaturated/α-hetero) is 1. The predicted molar refractivity (Wildman–Crippen MR) is 86.9 cm³/mol. The summed E-state index contributed by atoms with van der Waals surface area (Å²) in [6.07, 6.45) is 4.14. The SMILES string of the molecule is CC1CCCC(C(=O)Cc2cc(Br)ccc2F)(N(C)C)C1. The molecule has 2 nitrogen and oxygen atoms in total. The molecule has 21 heavy (non-hydrogen) atoms. The normalized spacial score (nSPS) is 26.1. The smallest absolute Gasteiger partial charge is 0.157 e. The van der Waals surface area contributed by atoms with Gasteiger partial charge in [0.1, 0.15) is 5.82 Å². The van der Waals surface area contributed by atoms with E-state index < -0.39 is 5.54 Å². The third-order valence-electron chi connectivity index (χ3n) is 4.71. The van der Waals surface area contributed by atoms with Crippen molar-refractivity contribution in [1.29, 1.82) is 0 Å². The molecule has 0 N–H and O–H groups in total. The van der Waals surface area contributed by atoms with Gasteiger partial charge in [0.2, 0.25) is 0 Å². The molecule has 2 atom stereocenters.